The Kier molecular flexibility index (Phi) is 3.11. The van der Waals surface area contributed by atoms with Crippen LogP contribution >= 0.6 is 0 Å². The number of hydrogen-bond donors (Lipinski definition) is 1. The number of rotatable bonds is 4. The van der Waals surface area contributed by atoms with Crippen LogP contribution in [-0.2, 0) is 13.0 Å². The van der Waals surface area contributed by atoms with Gasteiger partial charge in [-0.05, 0) is 6.42 Å². The molecule has 11 heavy (non-hydrogen) atoms. The minimum atomic E-state index is 0.688. The van der Waals surface area contributed by atoms with Gasteiger partial charge in [-0.25, -0.2) is 4.98 Å². The van der Waals surface area contributed by atoms with Gasteiger partial charge in [-0.1, -0.05) is 13.3 Å². The van der Waals surface area contributed by atoms with Crippen molar-refractivity contribution in [2.24, 2.45) is 5.73 Å². The zero-order chi connectivity index (χ0) is 8.10. The summed E-state index contributed by atoms with van der Waals surface area (Å²) >= 11 is 0. The highest BCUT2D eigenvalue weighted by atomic mass is 15.0. The van der Waals surface area contributed by atoms with Crippen molar-refractivity contribution in [2.45, 2.75) is 26.3 Å². The molecule has 0 atom stereocenters. The van der Waals surface area contributed by atoms with Crippen molar-refractivity contribution in [3.63, 3.8) is 0 Å². The van der Waals surface area contributed by atoms with Crippen LogP contribution < -0.4 is 5.73 Å². The first kappa shape index (κ1) is 8.27. The SMILES string of the molecule is CCCc1cncn1CCN. The third kappa shape index (κ3) is 2.05. The lowest BCUT2D eigenvalue weighted by Gasteiger charge is -2.03. The average Bonchev–Trinajstić information content (AvgIpc) is 2.39. The van der Waals surface area contributed by atoms with E-state index in [9.17, 15) is 0 Å². The second kappa shape index (κ2) is 4.13. The van der Waals surface area contributed by atoms with E-state index >= 15 is 0 Å². The fraction of sp³-hybridized carbons (Fsp3) is 0.625. The summed E-state index contributed by atoms with van der Waals surface area (Å²) in [7, 11) is 0. The predicted octanol–water partition coefficient (Wildman–Crippen LogP) is 0.794. The molecular weight excluding hydrogens is 138 g/mol. The van der Waals surface area contributed by atoms with Gasteiger partial charge < -0.3 is 10.3 Å². The summed E-state index contributed by atoms with van der Waals surface area (Å²) in [6.45, 7) is 3.74. The minimum absolute atomic E-state index is 0.688. The molecule has 2 N–H and O–H groups in total. The Morgan fingerprint density at radius 1 is 1.64 bits per heavy atom. The molecule has 0 saturated heterocycles. The zero-order valence-corrected chi connectivity index (χ0v) is 6.95. The zero-order valence-electron chi connectivity index (χ0n) is 6.95. The van der Waals surface area contributed by atoms with Gasteiger partial charge in [0.2, 0.25) is 0 Å². The normalized spacial score (nSPS) is 10.4. The number of aromatic nitrogens is 2. The van der Waals surface area contributed by atoms with Crippen LogP contribution in [0.3, 0.4) is 0 Å². The molecule has 1 heterocycles. The molecule has 0 aromatic carbocycles. The molecule has 0 bridgehead atoms. The van der Waals surface area contributed by atoms with E-state index in [0.29, 0.717) is 6.54 Å². The summed E-state index contributed by atoms with van der Waals surface area (Å²) < 4.78 is 2.11. The minimum Gasteiger partial charge on any atom is -0.333 e. The van der Waals surface area contributed by atoms with Crippen LogP contribution in [-0.4, -0.2) is 16.1 Å². The lowest BCUT2D eigenvalue weighted by molar-refractivity contribution is 0.662. The van der Waals surface area contributed by atoms with Gasteiger partial charge in [-0.15, -0.1) is 0 Å². The van der Waals surface area contributed by atoms with Crippen LogP contribution in [0.15, 0.2) is 12.5 Å². The molecule has 1 aromatic rings. The van der Waals surface area contributed by atoms with Crippen molar-refractivity contribution >= 4 is 0 Å². The molecule has 0 aliphatic carbocycles. The van der Waals surface area contributed by atoms with Gasteiger partial charge in [0.1, 0.15) is 0 Å². The highest BCUT2D eigenvalue weighted by molar-refractivity contribution is 4.98. The van der Waals surface area contributed by atoms with Gasteiger partial charge in [0, 0.05) is 25.0 Å². The van der Waals surface area contributed by atoms with Gasteiger partial charge in [-0.3, -0.25) is 0 Å². The van der Waals surface area contributed by atoms with Crippen LogP contribution in [0.5, 0.6) is 0 Å². The van der Waals surface area contributed by atoms with Crippen LogP contribution in [0.4, 0.5) is 0 Å². The van der Waals surface area contributed by atoms with E-state index < -0.39 is 0 Å². The first-order chi connectivity index (χ1) is 5.38. The molecule has 0 amide bonds. The predicted molar refractivity (Wildman–Crippen MR) is 45.3 cm³/mol. The van der Waals surface area contributed by atoms with Crippen LogP contribution in [0, 0.1) is 0 Å². The highest BCUT2D eigenvalue weighted by Crippen LogP contribution is 2.01. The van der Waals surface area contributed by atoms with Crippen LogP contribution in [0.1, 0.15) is 19.0 Å². The Bertz CT molecular complexity index is 184. The molecule has 0 saturated carbocycles. The van der Waals surface area contributed by atoms with Crippen LogP contribution in [0.25, 0.3) is 0 Å². The number of imidazole rings is 1. The van der Waals surface area contributed by atoms with E-state index in [4.69, 9.17) is 5.73 Å². The van der Waals surface area contributed by atoms with Crippen molar-refractivity contribution in [3.8, 4) is 0 Å². The fourth-order valence-corrected chi connectivity index (χ4v) is 1.15. The summed E-state index contributed by atoms with van der Waals surface area (Å²) in [4.78, 5) is 4.07. The molecule has 0 aliphatic rings. The van der Waals surface area contributed by atoms with Crippen LogP contribution in [0.2, 0.25) is 0 Å². The van der Waals surface area contributed by atoms with E-state index in [-0.39, 0.29) is 0 Å². The molecule has 62 valence electrons. The maximum Gasteiger partial charge on any atom is 0.0948 e. The van der Waals surface area contributed by atoms with Crippen molar-refractivity contribution in [1.29, 1.82) is 0 Å². The summed E-state index contributed by atoms with van der Waals surface area (Å²) in [5, 5.41) is 0. The monoisotopic (exact) mass is 153 g/mol. The largest absolute Gasteiger partial charge is 0.333 e. The van der Waals surface area contributed by atoms with Crippen molar-refractivity contribution in [2.75, 3.05) is 6.54 Å². The Labute approximate surface area is 67.2 Å². The summed E-state index contributed by atoms with van der Waals surface area (Å²) in [6, 6.07) is 0. The van der Waals surface area contributed by atoms with Crippen molar-refractivity contribution < 1.29 is 0 Å². The Hall–Kier alpha value is -0.830. The smallest absolute Gasteiger partial charge is 0.0948 e. The third-order valence-electron chi connectivity index (χ3n) is 1.67. The van der Waals surface area contributed by atoms with Gasteiger partial charge in [0.25, 0.3) is 0 Å². The summed E-state index contributed by atoms with van der Waals surface area (Å²) in [6.07, 6.45) is 6.02. The Morgan fingerprint density at radius 3 is 3.09 bits per heavy atom. The van der Waals surface area contributed by atoms with E-state index in [1.54, 1.807) is 0 Å². The average molecular weight is 153 g/mol. The quantitative estimate of drug-likeness (QED) is 0.695. The summed E-state index contributed by atoms with van der Waals surface area (Å²) in [5.74, 6) is 0. The first-order valence-electron chi connectivity index (χ1n) is 4.07. The standard InChI is InChI=1S/C8H15N3/c1-2-3-8-6-10-7-11(8)5-4-9/h6-7H,2-5,9H2,1H3. The second-order valence-electron chi connectivity index (χ2n) is 2.62. The molecule has 3 nitrogen and oxygen atoms in total. The Morgan fingerprint density at radius 2 is 2.45 bits per heavy atom. The van der Waals surface area contributed by atoms with Crippen molar-refractivity contribution in [1.82, 2.24) is 9.55 Å². The molecule has 1 aromatic heterocycles. The molecule has 0 unspecified atom stereocenters. The third-order valence-corrected chi connectivity index (χ3v) is 1.67. The van der Waals surface area contributed by atoms with E-state index in [1.165, 1.54) is 5.69 Å². The molecule has 0 aliphatic heterocycles. The maximum atomic E-state index is 5.44. The molecule has 3 heteroatoms. The maximum absolute atomic E-state index is 5.44. The highest BCUT2D eigenvalue weighted by Gasteiger charge is 1.97. The molecule has 0 fully saturated rings. The number of nitrogens with zero attached hydrogens (tertiary/aromatic N) is 2. The van der Waals surface area contributed by atoms with Gasteiger partial charge in [0.05, 0.1) is 6.33 Å². The van der Waals surface area contributed by atoms with Gasteiger partial charge in [-0.2, -0.15) is 0 Å². The topological polar surface area (TPSA) is 43.8 Å². The van der Waals surface area contributed by atoms with E-state index in [0.717, 1.165) is 19.4 Å². The van der Waals surface area contributed by atoms with Gasteiger partial charge >= 0.3 is 0 Å². The lowest BCUT2D eigenvalue weighted by Crippen LogP contribution is -2.11. The molecular formula is C8H15N3. The number of nitrogens with two attached hydrogens (primary N) is 1. The first-order valence-corrected chi connectivity index (χ1v) is 4.07. The van der Waals surface area contributed by atoms with Gasteiger partial charge in [0.15, 0.2) is 0 Å². The summed E-state index contributed by atoms with van der Waals surface area (Å²) in [5.41, 5.74) is 6.73. The Balaban J connectivity index is 2.62. The van der Waals surface area contributed by atoms with E-state index in [2.05, 4.69) is 16.5 Å². The van der Waals surface area contributed by atoms with E-state index in [1.807, 2.05) is 12.5 Å². The molecule has 0 radical (unpaired) electrons. The molecule has 0 spiro atoms. The number of aryl methyl sites for hydroxylation is 1. The second-order valence-corrected chi connectivity index (χ2v) is 2.62. The van der Waals surface area contributed by atoms with Crippen molar-refractivity contribution in [3.05, 3.63) is 18.2 Å². The fourth-order valence-electron chi connectivity index (χ4n) is 1.15. The number of hydrogen-bond acceptors (Lipinski definition) is 2. The lowest BCUT2D eigenvalue weighted by atomic mass is 10.3. The molecule has 1 rings (SSSR count).